The van der Waals surface area contributed by atoms with E-state index >= 15 is 0 Å². The van der Waals surface area contributed by atoms with Crippen molar-refractivity contribution in [1.29, 1.82) is 0 Å². The highest BCUT2D eigenvalue weighted by atomic mass is 35.5. The van der Waals surface area contributed by atoms with E-state index in [0.717, 1.165) is 0 Å². The molecule has 0 radical (unpaired) electrons. The van der Waals surface area contributed by atoms with E-state index in [1.807, 2.05) is 0 Å². The zero-order chi connectivity index (χ0) is 18.3. The van der Waals surface area contributed by atoms with Gasteiger partial charge in [-0.25, -0.2) is 9.37 Å². The van der Waals surface area contributed by atoms with Crippen LogP contribution in [0.15, 0.2) is 36.4 Å². The number of benzene rings is 2. The van der Waals surface area contributed by atoms with Crippen LogP contribution in [0.5, 0.6) is 0 Å². The van der Waals surface area contributed by atoms with E-state index in [-0.39, 0.29) is 31.5 Å². The summed E-state index contributed by atoms with van der Waals surface area (Å²) in [5.41, 5.74) is 1.43. The summed E-state index contributed by atoms with van der Waals surface area (Å²) in [5.74, 6) is -0.524. The fourth-order valence-electron chi connectivity index (χ4n) is 2.22. The molecule has 0 spiro atoms. The highest BCUT2D eigenvalue weighted by Crippen LogP contribution is 2.40. The zero-order valence-corrected chi connectivity index (χ0v) is 16.6. The number of rotatable bonds is 2. The van der Waals surface area contributed by atoms with Crippen LogP contribution in [0.1, 0.15) is 0 Å². The van der Waals surface area contributed by atoms with Crippen molar-refractivity contribution in [2.24, 2.45) is 0 Å². The molecule has 0 fully saturated rings. The van der Waals surface area contributed by atoms with E-state index in [2.05, 4.69) is 4.98 Å². The van der Waals surface area contributed by atoms with Crippen molar-refractivity contribution in [3.05, 3.63) is 72.4 Å². The second-order valence-electron chi connectivity index (χ2n) is 5.00. The average molecular weight is 456 g/mol. The minimum absolute atomic E-state index is 0.168. The normalized spacial score (nSPS) is 11.0. The summed E-state index contributed by atoms with van der Waals surface area (Å²) in [5, 5.41) is 1.28. The lowest BCUT2D eigenvalue weighted by atomic mass is 10.1. The van der Waals surface area contributed by atoms with Gasteiger partial charge >= 0.3 is 0 Å². The summed E-state index contributed by atoms with van der Waals surface area (Å²) in [7, 11) is 0. The van der Waals surface area contributed by atoms with Crippen LogP contribution >= 0.6 is 69.6 Å². The maximum atomic E-state index is 14.2. The van der Waals surface area contributed by atoms with Crippen LogP contribution in [0.2, 0.25) is 30.1 Å². The summed E-state index contributed by atoms with van der Waals surface area (Å²) in [6.45, 7) is 0. The quantitative estimate of drug-likeness (QED) is 0.353. The molecule has 3 rings (SSSR count). The summed E-state index contributed by atoms with van der Waals surface area (Å²) < 4.78 is 14.2. The van der Waals surface area contributed by atoms with Crippen LogP contribution in [-0.2, 0) is 0 Å². The molecule has 8 heteroatoms. The molecule has 1 nitrogen and oxygen atoms in total. The van der Waals surface area contributed by atoms with E-state index in [9.17, 15) is 4.39 Å². The number of hydrogen-bond acceptors (Lipinski definition) is 1. The highest BCUT2D eigenvalue weighted by Gasteiger charge is 2.16. The Morgan fingerprint density at radius 2 is 1.00 bits per heavy atom. The summed E-state index contributed by atoms with van der Waals surface area (Å²) in [6, 6.07) is 8.81. The van der Waals surface area contributed by atoms with Crippen molar-refractivity contribution in [2.75, 3.05) is 0 Å². The van der Waals surface area contributed by atoms with Gasteiger partial charge in [0.05, 0.1) is 41.5 Å². The molecule has 0 unspecified atom stereocenters. The van der Waals surface area contributed by atoms with E-state index in [4.69, 9.17) is 69.6 Å². The molecule has 0 saturated heterocycles. The first-order valence-electron chi connectivity index (χ1n) is 6.75. The minimum Gasteiger partial charge on any atom is -0.247 e. The molecule has 0 aliphatic heterocycles. The molecular weight excluding hydrogens is 450 g/mol. The lowest BCUT2D eigenvalue weighted by Crippen LogP contribution is -1.93. The Morgan fingerprint density at radius 1 is 0.600 bits per heavy atom. The molecule has 0 saturated carbocycles. The molecule has 2 aromatic carbocycles. The molecule has 0 aliphatic rings. The van der Waals surface area contributed by atoms with E-state index < -0.39 is 5.82 Å². The summed E-state index contributed by atoms with van der Waals surface area (Å²) in [4.78, 5) is 4.42. The predicted molar refractivity (Wildman–Crippen MR) is 105 cm³/mol. The number of nitrogens with zero attached hydrogens (tertiary/aromatic N) is 1. The van der Waals surface area contributed by atoms with Gasteiger partial charge < -0.3 is 0 Å². The number of pyridine rings is 1. The van der Waals surface area contributed by atoms with Gasteiger partial charge in [0.2, 0.25) is 0 Å². The van der Waals surface area contributed by atoms with Gasteiger partial charge in [0.15, 0.2) is 0 Å². The molecule has 1 aromatic heterocycles. The van der Waals surface area contributed by atoms with Gasteiger partial charge in [-0.3, -0.25) is 0 Å². The monoisotopic (exact) mass is 453 g/mol. The van der Waals surface area contributed by atoms with Gasteiger partial charge in [-0.1, -0.05) is 69.6 Å². The maximum Gasteiger partial charge on any atom is 0.127 e. The van der Waals surface area contributed by atoms with Crippen LogP contribution < -0.4 is 0 Å². The Kier molecular flexibility index (Phi) is 5.69. The molecular formula is C17H6Cl6FN. The number of hydrogen-bond donors (Lipinski definition) is 0. The smallest absolute Gasteiger partial charge is 0.127 e. The molecule has 128 valence electrons. The van der Waals surface area contributed by atoms with Gasteiger partial charge in [0.1, 0.15) is 5.82 Å². The van der Waals surface area contributed by atoms with Gasteiger partial charge in [0.25, 0.3) is 0 Å². The van der Waals surface area contributed by atoms with Crippen molar-refractivity contribution in [2.45, 2.75) is 0 Å². The average Bonchev–Trinajstić information content (AvgIpc) is 2.57. The summed E-state index contributed by atoms with van der Waals surface area (Å²) in [6.07, 6.45) is 0. The molecule has 0 bridgehead atoms. The Bertz CT molecular complexity index is 914. The Labute approximate surface area is 173 Å². The van der Waals surface area contributed by atoms with Gasteiger partial charge in [-0.05, 0) is 24.3 Å². The highest BCUT2D eigenvalue weighted by molar-refractivity contribution is 6.49. The number of aromatic nitrogens is 1. The van der Waals surface area contributed by atoms with Crippen LogP contribution in [0.4, 0.5) is 4.39 Å². The Hall–Kier alpha value is -0.740. The van der Waals surface area contributed by atoms with Crippen molar-refractivity contribution in [3.63, 3.8) is 0 Å². The van der Waals surface area contributed by atoms with Crippen LogP contribution in [-0.4, -0.2) is 4.98 Å². The molecule has 0 aliphatic carbocycles. The van der Waals surface area contributed by atoms with Crippen LogP contribution in [0.3, 0.4) is 0 Å². The fraction of sp³-hybridized carbons (Fsp3) is 0. The Morgan fingerprint density at radius 3 is 1.40 bits per heavy atom. The molecule has 1 heterocycles. The standard InChI is InChI=1S/C17H6Cl6FN/c18-10-3-1-8(14(20)16(10)22)12-5-7(24)6-13(25-12)9-2-4-11(19)17(23)15(9)21/h1-6H. The lowest BCUT2D eigenvalue weighted by Gasteiger charge is -2.11. The van der Waals surface area contributed by atoms with Crippen molar-refractivity contribution in [3.8, 4) is 22.5 Å². The van der Waals surface area contributed by atoms with Crippen molar-refractivity contribution < 1.29 is 4.39 Å². The minimum atomic E-state index is -0.524. The van der Waals surface area contributed by atoms with Gasteiger partial charge in [-0.15, -0.1) is 0 Å². The largest absolute Gasteiger partial charge is 0.247 e. The second-order valence-corrected chi connectivity index (χ2v) is 7.33. The first-order chi connectivity index (χ1) is 11.8. The molecule has 3 aromatic rings. The molecule has 0 N–H and O–H groups in total. The molecule has 25 heavy (non-hydrogen) atoms. The first kappa shape index (κ1) is 19.0. The van der Waals surface area contributed by atoms with Crippen LogP contribution in [0, 0.1) is 5.82 Å². The molecule has 0 atom stereocenters. The SMILES string of the molecule is Fc1cc(-c2ccc(Cl)c(Cl)c2Cl)nc(-c2ccc(Cl)c(Cl)c2Cl)c1. The van der Waals surface area contributed by atoms with Gasteiger partial charge in [0, 0.05) is 23.3 Å². The number of halogens is 7. The van der Waals surface area contributed by atoms with Gasteiger partial charge in [-0.2, -0.15) is 0 Å². The van der Waals surface area contributed by atoms with E-state index in [1.54, 1.807) is 24.3 Å². The van der Waals surface area contributed by atoms with Crippen molar-refractivity contribution in [1.82, 2.24) is 4.98 Å². The Balaban J connectivity index is 2.21. The second kappa shape index (κ2) is 7.48. The topological polar surface area (TPSA) is 12.9 Å². The third-order valence-electron chi connectivity index (χ3n) is 3.41. The lowest BCUT2D eigenvalue weighted by molar-refractivity contribution is 0.627. The van der Waals surface area contributed by atoms with E-state index in [0.29, 0.717) is 21.2 Å². The maximum absolute atomic E-state index is 14.2. The van der Waals surface area contributed by atoms with Crippen LogP contribution in [0.25, 0.3) is 22.5 Å². The molecule has 0 amide bonds. The fourth-order valence-corrected chi connectivity index (χ4v) is 3.49. The summed E-state index contributed by atoms with van der Waals surface area (Å²) >= 11 is 36.4. The van der Waals surface area contributed by atoms with E-state index in [1.165, 1.54) is 12.1 Å². The first-order valence-corrected chi connectivity index (χ1v) is 9.01. The predicted octanol–water partition coefficient (Wildman–Crippen LogP) is 8.48. The van der Waals surface area contributed by atoms with Crippen molar-refractivity contribution >= 4 is 69.6 Å². The third kappa shape index (κ3) is 3.71. The zero-order valence-electron chi connectivity index (χ0n) is 12.1. The third-order valence-corrected chi connectivity index (χ3v) is 6.00.